The van der Waals surface area contributed by atoms with Gasteiger partial charge in [0.15, 0.2) is 0 Å². The van der Waals surface area contributed by atoms with Crippen LogP contribution in [0, 0.1) is 0 Å². The molecule has 0 aromatic heterocycles. The first-order valence-corrected chi connectivity index (χ1v) is 10.5. The summed E-state index contributed by atoms with van der Waals surface area (Å²) in [6.07, 6.45) is -0.885. The second-order valence-electron chi connectivity index (χ2n) is 7.28. The standard InChI is InChI=1S/C24H19Cl2NO4/c25-15-10-9-14(21(26)12-15)11-22(23(28)29)27-24(30)31-13-20-18-7-3-1-5-16(18)17-6-2-4-8-19(17)20/h1-10,12,20,22H,11,13H2,(H,27,30)(H,28,29)/p-1/t22-/m0/s1. The maximum absolute atomic E-state index is 12.4. The van der Waals surface area contributed by atoms with E-state index in [1.165, 1.54) is 6.07 Å². The van der Waals surface area contributed by atoms with Gasteiger partial charge < -0.3 is 20.0 Å². The average molecular weight is 455 g/mol. The Bertz CT molecular complexity index is 1100. The first-order chi connectivity index (χ1) is 14.9. The molecule has 3 aromatic rings. The topological polar surface area (TPSA) is 78.5 Å². The molecule has 4 rings (SSSR count). The molecule has 158 valence electrons. The number of carbonyl (C=O) groups excluding carboxylic acids is 2. The fourth-order valence-electron chi connectivity index (χ4n) is 3.88. The smallest absolute Gasteiger partial charge is 0.407 e. The van der Waals surface area contributed by atoms with Gasteiger partial charge in [-0.05, 0) is 46.4 Å². The van der Waals surface area contributed by atoms with Crippen molar-refractivity contribution in [2.45, 2.75) is 18.4 Å². The molecule has 5 nitrogen and oxygen atoms in total. The fourth-order valence-corrected chi connectivity index (χ4v) is 4.37. The molecule has 1 amide bonds. The van der Waals surface area contributed by atoms with Crippen molar-refractivity contribution >= 4 is 35.3 Å². The van der Waals surface area contributed by atoms with Crippen LogP contribution in [-0.2, 0) is 16.0 Å². The zero-order valence-corrected chi connectivity index (χ0v) is 17.8. The minimum Gasteiger partial charge on any atom is -0.548 e. The van der Waals surface area contributed by atoms with E-state index in [1.54, 1.807) is 12.1 Å². The van der Waals surface area contributed by atoms with Crippen LogP contribution < -0.4 is 10.4 Å². The van der Waals surface area contributed by atoms with Crippen LogP contribution in [0.15, 0.2) is 66.7 Å². The largest absolute Gasteiger partial charge is 0.548 e. The van der Waals surface area contributed by atoms with E-state index in [4.69, 9.17) is 27.9 Å². The van der Waals surface area contributed by atoms with Crippen molar-refractivity contribution in [1.29, 1.82) is 0 Å². The normalized spacial score (nSPS) is 13.2. The number of halogens is 2. The van der Waals surface area contributed by atoms with Crippen LogP contribution in [0.1, 0.15) is 22.6 Å². The summed E-state index contributed by atoms with van der Waals surface area (Å²) in [5.74, 6) is -1.55. The zero-order valence-electron chi connectivity index (χ0n) is 16.3. The highest BCUT2D eigenvalue weighted by atomic mass is 35.5. The van der Waals surface area contributed by atoms with Gasteiger partial charge in [-0.25, -0.2) is 4.79 Å². The van der Waals surface area contributed by atoms with E-state index in [9.17, 15) is 14.7 Å². The van der Waals surface area contributed by atoms with Gasteiger partial charge in [-0.2, -0.15) is 0 Å². The van der Waals surface area contributed by atoms with E-state index in [-0.39, 0.29) is 18.9 Å². The summed E-state index contributed by atoms with van der Waals surface area (Å²) in [6, 6.07) is 19.3. The van der Waals surface area contributed by atoms with Crippen LogP contribution in [0.5, 0.6) is 0 Å². The Labute approximate surface area is 189 Å². The second-order valence-corrected chi connectivity index (χ2v) is 8.12. The second kappa shape index (κ2) is 9.00. The third-order valence-electron chi connectivity index (χ3n) is 5.36. The minimum absolute atomic E-state index is 0.0530. The number of ether oxygens (including phenoxy) is 1. The van der Waals surface area contributed by atoms with Crippen molar-refractivity contribution in [3.8, 4) is 11.1 Å². The Morgan fingerprint density at radius 1 is 0.968 bits per heavy atom. The highest BCUT2D eigenvalue weighted by molar-refractivity contribution is 6.35. The molecule has 7 heteroatoms. The average Bonchev–Trinajstić information content (AvgIpc) is 3.07. The Morgan fingerprint density at radius 2 is 1.58 bits per heavy atom. The SMILES string of the molecule is O=C(N[C@@H](Cc1ccc(Cl)cc1Cl)C(=O)[O-])OCC1c2ccccc2-c2ccccc21. The molecule has 31 heavy (non-hydrogen) atoms. The monoisotopic (exact) mass is 454 g/mol. The van der Waals surface area contributed by atoms with Gasteiger partial charge in [0, 0.05) is 16.0 Å². The number of hydrogen-bond acceptors (Lipinski definition) is 4. The third-order valence-corrected chi connectivity index (χ3v) is 5.95. The number of carboxylic acids is 1. The molecule has 0 spiro atoms. The third kappa shape index (κ3) is 4.53. The molecule has 0 aliphatic heterocycles. The summed E-state index contributed by atoms with van der Waals surface area (Å²) in [4.78, 5) is 23.9. The lowest BCUT2D eigenvalue weighted by Gasteiger charge is -2.21. The molecule has 0 unspecified atom stereocenters. The zero-order chi connectivity index (χ0) is 22.0. The summed E-state index contributed by atoms with van der Waals surface area (Å²) in [6.45, 7) is 0.0847. The molecule has 0 saturated carbocycles. The number of carboxylic acid groups (broad SMARTS) is 1. The van der Waals surface area contributed by atoms with Gasteiger partial charge in [-0.1, -0.05) is 77.8 Å². The predicted molar refractivity (Wildman–Crippen MR) is 117 cm³/mol. The summed E-state index contributed by atoms with van der Waals surface area (Å²) in [7, 11) is 0. The van der Waals surface area contributed by atoms with Crippen molar-refractivity contribution in [2.24, 2.45) is 0 Å². The highest BCUT2D eigenvalue weighted by Crippen LogP contribution is 2.44. The van der Waals surface area contributed by atoms with Crippen molar-refractivity contribution in [3.05, 3.63) is 93.5 Å². The van der Waals surface area contributed by atoms with E-state index in [2.05, 4.69) is 5.32 Å². The van der Waals surface area contributed by atoms with Crippen LogP contribution in [0.2, 0.25) is 10.0 Å². The number of nitrogens with one attached hydrogen (secondary N) is 1. The first-order valence-electron chi connectivity index (χ1n) is 9.70. The first kappa shape index (κ1) is 21.2. The van der Waals surface area contributed by atoms with Crippen molar-refractivity contribution in [2.75, 3.05) is 6.61 Å². The molecule has 0 bridgehead atoms. The number of amides is 1. The van der Waals surface area contributed by atoms with Crippen LogP contribution in [0.25, 0.3) is 11.1 Å². The summed E-state index contributed by atoms with van der Waals surface area (Å²) < 4.78 is 5.41. The summed E-state index contributed by atoms with van der Waals surface area (Å²) in [5.41, 5.74) is 4.88. The van der Waals surface area contributed by atoms with Crippen LogP contribution in [0.4, 0.5) is 4.79 Å². The lowest BCUT2D eigenvalue weighted by Crippen LogP contribution is -2.49. The van der Waals surface area contributed by atoms with E-state index < -0.39 is 18.1 Å². The Hall–Kier alpha value is -3.02. The van der Waals surface area contributed by atoms with Gasteiger partial charge in [-0.3, -0.25) is 0 Å². The van der Waals surface area contributed by atoms with E-state index in [1.807, 2.05) is 48.5 Å². The predicted octanol–water partition coefficient (Wildman–Crippen LogP) is 4.19. The molecular formula is C24H18Cl2NO4-. The highest BCUT2D eigenvalue weighted by Gasteiger charge is 2.29. The van der Waals surface area contributed by atoms with Gasteiger partial charge >= 0.3 is 6.09 Å². The quantitative estimate of drug-likeness (QED) is 0.605. The van der Waals surface area contributed by atoms with Gasteiger partial charge in [0.25, 0.3) is 0 Å². The molecule has 0 radical (unpaired) electrons. The van der Waals surface area contributed by atoms with Crippen LogP contribution in [-0.4, -0.2) is 24.7 Å². The van der Waals surface area contributed by atoms with E-state index >= 15 is 0 Å². The number of aliphatic carboxylic acids is 1. The fraction of sp³-hybridized carbons (Fsp3) is 0.167. The Morgan fingerprint density at radius 3 is 2.16 bits per heavy atom. The summed E-state index contributed by atoms with van der Waals surface area (Å²) in [5, 5.41) is 14.7. The molecule has 0 saturated heterocycles. The van der Waals surface area contributed by atoms with Gasteiger partial charge in [0.2, 0.25) is 0 Å². The van der Waals surface area contributed by atoms with E-state index in [0.717, 1.165) is 22.3 Å². The molecule has 1 aliphatic rings. The maximum Gasteiger partial charge on any atom is 0.407 e. The van der Waals surface area contributed by atoms with Crippen LogP contribution >= 0.6 is 23.2 Å². The number of fused-ring (bicyclic) bond motifs is 3. The van der Waals surface area contributed by atoms with Gasteiger partial charge in [0.05, 0.1) is 12.0 Å². The molecule has 1 aliphatic carbocycles. The molecule has 1 N–H and O–H groups in total. The maximum atomic E-state index is 12.4. The number of alkyl carbamates (subject to hydrolysis) is 1. The molecular weight excluding hydrogens is 437 g/mol. The van der Waals surface area contributed by atoms with Crippen molar-refractivity contribution in [1.82, 2.24) is 5.32 Å². The Balaban J connectivity index is 1.44. The molecule has 0 fully saturated rings. The molecule has 3 aromatic carbocycles. The number of hydrogen-bond donors (Lipinski definition) is 1. The molecule has 1 atom stereocenters. The number of carbonyl (C=O) groups is 2. The van der Waals surface area contributed by atoms with Gasteiger partial charge in [0.1, 0.15) is 6.61 Å². The van der Waals surface area contributed by atoms with Crippen LogP contribution in [0.3, 0.4) is 0 Å². The lowest BCUT2D eigenvalue weighted by molar-refractivity contribution is -0.308. The minimum atomic E-state index is -1.43. The summed E-state index contributed by atoms with van der Waals surface area (Å²) >= 11 is 12.0. The number of rotatable bonds is 6. The van der Waals surface area contributed by atoms with Crippen molar-refractivity contribution < 1.29 is 19.4 Å². The Kier molecular flexibility index (Phi) is 6.16. The van der Waals surface area contributed by atoms with Crippen molar-refractivity contribution in [3.63, 3.8) is 0 Å². The lowest BCUT2D eigenvalue weighted by atomic mass is 9.98. The molecule has 0 heterocycles. The number of benzene rings is 3. The van der Waals surface area contributed by atoms with Gasteiger partial charge in [-0.15, -0.1) is 0 Å². The van der Waals surface area contributed by atoms with E-state index in [0.29, 0.717) is 15.6 Å².